The molecular formula is C10H13N5O4. The summed E-state index contributed by atoms with van der Waals surface area (Å²) in [5.41, 5.74) is -0.630. The predicted octanol–water partition coefficient (Wildman–Crippen LogP) is -1.52. The number of nitrogens with one attached hydrogen (secondary N) is 1. The number of aromatic nitrogens is 4. The Kier molecular flexibility index (Phi) is 2.89. The number of imidazole rings is 1. The summed E-state index contributed by atoms with van der Waals surface area (Å²) in [5.74, 6) is -0.805. The molecule has 0 spiro atoms. The van der Waals surface area contributed by atoms with E-state index in [4.69, 9.17) is 5.11 Å². The fourth-order valence-electron chi connectivity index (χ4n) is 1.77. The van der Waals surface area contributed by atoms with Crippen molar-refractivity contribution >= 4 is 23.1 Å². The SMILES string of the molecule is CN(CC(=O)O)c1nc2c([nH]1)c(=O)n(C)c(=O)n2C. The van der Waals surface area contributed by atoms with Crippen molar-refractivity contribution in [3.8, 4) is 0 Å². The van der Waals surface area contributed by atoms with Gasteiger partial charge in [-0.05, 0) is 0 Å². The van der Waals surface area contributed by atoms with Gasteiger partial charge in [-0.2, -0.15) is 4.98 Å². The minimum atomic E-state index is -1.02. The minimum Gasteiger partial charge on any atom is -0.480 e. The van der Waals surface area contributed by atoms with Crippen LogP contribution in [0.25, 0.3) is 11.2 Å². The van der Waals surface area contributed by atoms with Crippen LogP contribution in [-0.4, -0.2) is 43.8 Å². The van der Waals surface area contributed by atoms with E-state index in [9.17, 15) is 14.4 Å². The zero-order valence-corrected chi connectivity index (χ0v) is 10.7. The fourth-order valence-corrected chi connectivity index (χ4v) is 1.77. The lowest BCUT2D eigenvalue weighted by atomic mass is 10.5. The number of carboxylic acids is 1. The molecule has 2 rings (SSSR count). The van der Waals surface area contributed by atoms with E-state index < -0.39 is 17.2 Å². The first kappa shape index (κ1) is 12.9. The first-order chi connectivity index (χ1) is 8.82. The van der Waals surface area contributed by atoms with Gasteiger partial charge in [0.25, 0.3) is 5.56 Å². The fraction of sp³-hybridized carbons (Fsp3) is 0.400. The van der Waals surface area contributed by atoms with Gasteiger partial charge in [0.1, 0.15) is 6.54 Å². The van der Waals surface area contributed by atoms with Crippen LogP contribution in [0.2, 0.25) is 0 Å². The van der Waals surface area contributed by atoms with Gasteiger partial charge in [0, 0.05) is 21.1 Å². The molecule has 0 radical (unpaired) electrons. The van der Waals surface area contributed by atoms with Crippen LogP contribution in [-0.2, 0) is 18.9 Å². The summed E-state index contributed by atoms with van der Waals surface area (Å²) >= 11 is 0. The Morgan fingerprint density at radius 3 is 2.58 bits per heavy atom. The van der Waals surface area contributed by atoms with Crippen molar-refractivity contribution in [2.45, 2.75) is 0 Å². The Morgan fingerprint density at radius 2 is 2.00 bits per heavy atom. The number of nitrogens with zero attached hydrogens (tertiary/aromatic N) is 4. The molecule has 0 unspecified atom stereocenters. The zero-order valence-electron chi connectivity index (χ0n) is 10.7. The maximum absolute atomic E-state index is 11.9. The van der Waals surface area contributed by atoms with Gasteiger partial charge in [0.15, 0.2) is 11.2 Å². The number of likely N-dealkylation sites (N-methyl/N-ethyl adjacent to an activating group) is 1. The van der Waals surface area contributed by atoms with Crippen LogP contribution in [0.4, 0.5) is 5.95 Å². The molecule has 102 valence electrons. The van der Waals surface area contributed by atoms with Gasteiger partial charge in [-0.3, -0.25) is 18.7 Å². The molecule has 9 nitrogen and oxygen atoms in total. The van der Waals surface area contributed by atoms with Gasteiger partial charge < -0.3 is 15.0 Å². The number of aromatic amines is 1. The Bertz CT molecular complexity index is 769. The highest BCUT2D eigenvalue weighted by atomic mass is 16.4. The second-order valence-corrected chi connectivity index (χ2v) is 4.21. The third-order valence-corrected chi connectivity index (χ3v) is 2.82. The van der Waals surface area contributed by atoms with E-state index in [1.54, 1.807) is 0 Å². The van der Waals surface area contributed by atoms with Crippen molar-refractivity contribution in [2.75, 3.05) is 18.5 Å². The second-order valence-electron chi connectivity index (χ2n) is 4.21. The predicted molar refractivity (Wildman–Crippen MR) is 67.5 cm³/mol. The Labute approximate surface area is 106 Å². The van der Waals surface area contributed by atoms with E-state index in [1.165, 1.54) is 30.6 Å². The molecule has 2 N–H and O–H groups in total. The Morgan fingerprint density at radius 1 is 1.37 bits per heavy atom. The topological polar surface area (TPSA) is 113 Å². The minimum absolute atomic E-state index is 0.164. The molecule has 0 aliphatic rings. The lowest BCUT2D eigenvalue weighted by molar-refractivity contribution is -0.135. The van der Waals surface area contributed by atoms with Crippen molar-refractivity contribution in [3.05, 3.63) is 20.8 Å². The van der Waals surface area contributed by atoms with Crippen molar-refractivity contribution in [1.29, 1.82) is 0 Å². The standard InChI is InChI=1S/C10H13N5O4/c1-13(4-5(16)17)9-11-6-7(12-9)14(2)10(19)15(3)8(6)18/h4H2,1-3H3,(H,11,12)(H,16,17). The second kappa shape index (κ2) is 4.26. The molecule has 0 amide bonds. The van der Waals surface area contributed by atoms with E-state index in [0.29, 0.717) is 0 Å². The molecule has 0 saturated heterocycles. The summed E-state index contributed by atoms with van der Waals surface area (Å²) < 4.78 is 2.19. The first-order valence-corrected chi connectivity index (χ1v) is 5.41. The summed E-state index contributed by atoms with van der Waals surface area (Å²) in [4.78, 5) is 42.4. The van der Waals surface area contributed by atoms with Gasteiger partial charge in [-0.25, -0.2) is 4.79 Å². The maximum atomic E-state index is 11.9. The third-order valence-electron chi connectivity index (χ3n) is 2.82. The van der Waals surface area contributed by atoms with Crippen LogP contribution in [0, 0.1) is 0 Å². The highest BCUT2D eigenvalue weighted by Gasteiger charge is 2.16. The van der Waals surface area contributed by atoms with Crippen molar-refractivity contribution < 1.29 is 9.90 Å². The van der Waals surface area contributed by atoms with E-state index in [0.717, 1.165) is 4.57 Å². The number of aryl methyl sites for hydroxylation is 1. The maximum Gasteiger partial charge on any atom is 0.332 e. The molecule has 2 heterocycles. The zero-order chi connectivity index (χ0) is 14.3. The number of fused-ring (bicyclic) bond motifs is 1. The van der Waals surface area contributed by atoms with Gasteiger partial charge in [0.2, 0.25) is 5.95 Å². The third kappa shape index (κ3) is 1.98. The highest BCUT2D eigenvalue weighted by Crippen LogP contribution is 2.11. The van der Waals surface area contributed by atoms with Gasteiger partial charge in [-0.15, -0.1) is 0 Å². The number of hydrogen-bond donors (Lipinski definition) is 2. The molecule has 0 fully saturated rings. The molecular weight excluding hydrogens is 254 g/mol. The molecule has 0 atom stereocenters. The number of carboxylic acid groups (broad SMARTS) is 1. The van der Waals surface area contributed by atoms with Crippen LogP contribution in [0.3, 0.4) is 0 Å². The molecule has 9 heteroatoms. The van der Waals surface area contributed by atoms with Crippen LogP contribution in [0.1, 0.15) is 0 Å². The largest absolute Gasteiger partial charge is 0.480 e. The molecule has 2 aromatic rings. The molecule has 0 aliphatic heterocycles. The Hall–Kier alpha value is -2.58. The number of rotatable bonds is 3. The Balaban J connectivity index is 2.68. The van der Waals surface area contributed by atoms with Crippen molar-refractivity contribution in [1.82, 2.24) is 19.1 Å². The van der Waals surface area contributed by atoms with Gasteiger partial charge >= 0.3 is 11.7 Å². The van der Waals surface area contributed by atoms with Crippen LogP contribution in [0.5, 0.6) is 0 Å². The molecule has 19 heavy (non-hydrogen) atoms. The van der Waals surface area contributed by atoms with Gasteiger partial charge in [0.05, 0.1) is 0 Å². The average Bonchev–Trinajstić information content (AvgIpc) is 2.78. The lowest BCUT2D eigenvalue weighted by Gasteiger charge is -2.11. The smallest absolute Gasteiger partial charge is 0.332 e. The van der Waals surface area contributed by atoms with E-state index in [2.05, 4.69) is 9.97 Å². The summed E-state index contributed by atoms with van der Waals surface area (Å²) in [6.07, 6.45) is 0. The number of carbonyl (C=O) groups is 1. The quantitative estimate of drug-likeness (QED) is 0.698. The number of H-pyrrole nitrogens is 1. The van der Waals surface area contributed by atoms with Crippen LogP contribution in [0.15, 0.2) is 9.59 Å². The molecule has 0 bridgehead atoms. The molecule has 0 aromatic carbocycles. The monoisotopic (exact) mass is 267 g/mol. The normalized spacial score (nSPS) is 10.9. The first-order valence-electron chi connectivity index (χ1n) is 5.41. The number of anilines is 1. The number of hydrogen-bond acceptors (Lipinski definition) is 5. The average molecular weight is 267 g/mol. The van der Waals surface area contributed by atoms with Crippen molar-refractivity contribution in [2.24, 2.45) is 14.1 Å². The van der Waals surface area contributed by atoms with Crippen LogP contribution >= 0.6 is 0 Å². The number of aliphatic carboxylic acids is 1. The lowest BCUT2D eigenvalue weighted by Crippen LogP contribution is -2.36. The summed E-state index contributed by atoms with van der Waals surface area (Å²) in [5, 5.41) is 8.71. The summed E-state index contributed by atoms with van der Waals surface area (Å²) in [6, 6.07) is 0. The van der Waals surface area contributed by atoms with E-state index in [1.807, 2.05) is 0 Å². The molecule has 0 aliphatic carbocycles. The summed E-state index contributed by atoms with van der Waals surface area (Å²) in [6.45, 7) is -0.270. The molecule has 2 aromatic heterocycles. The van der Waals surface area contributed by atoms with Crippen molar-refractivity contribution in [3.63, 3.8) is 0 Å². The van der Waals surface area contributed by atoms with Gasteiger partial charge in [-0.1, -0.05) is 0 Å². The molecule has 0 saturated carbocycles. The van der Waals surface area contributed by atoms with Crippen LogP contribution < -0.4 is 16.1 Å². The highest BCUT2D eigenvalue weighted by molar-refractivity contribution is 5.76. The van der Waals surface area contributed by atoms with E-state index >= 15 is 0 Å². The summed E-state index contributed by atoms with van der Waals surface area (Å²) in [7, 11) is 4.38. The van der Waals surface area contributed by atoms with E-state index in [-0.39, 0.29) is 23.7 Å².